The van der Waals surface area contributed by atoms with Gasteiger partial charge in [0.2, 0.25) is 0 Å². The van der Waals surface area contributed by atoms with Crippen LogP contribution in [0.5, 0.6) is 0 Å². The number of rotatable bonds is 3. The third-order valence-corrected chi connectivity index (χ3v) is 4.80. The molecule has 0 radical (unpaired) electrons. The van der Waals surface area contributed by atoms with Gasteiger partial charge in [-0.2, -0.15) is 0 Å². The number of amides is 1. The molecule has 2 aromatic heterocycles. The van der Waals surface area contributed by atoms with E-state index in [4.69, 9.17) is 0 Å². The Labute approximate surface area is 127 Å². The number of carbonyl (C=O) groups excluding carboxylic acids is 1. The normalized spacial score (nSPS) is 16.2. The molecule has 0 spiro atoms. The molecule has 1 aliphatic carbocycles. The van der Waals surface area contributed by atoms with Gasteiger partial charge in [0.15, 0.2) is 4.96 Å². The predicted molar refractivity (Wildman–Crippen MR) is 83.1 cm³/mol. The minimum Gasteiger partial charge on any atom is -0.349 e. The molecule has 5 nitrogen and oxygen atoms in total. The SMILES string of the molecule is CCc1nc2sccn2c(=O)c1C(=O)NC1CCCCC1. The molecular formula is C15H19N3O2S. The van der Waals surface area contributed by atoms with Crippen LogP contribution in [0.1, 0.15) is 55.1 Å². The number of nitrogens with one attached hydrogen (secondary N) is 1. The Morgan fingerprint density at radius 3 is 2.90 bits per heavy atom. The van der Waals surface area contributed by atoms with Crippen LogP contribution in [0.25, 0.3) is 4.96 Å². The van der Waals surface area contributed by atoms with Crippen molar-refractivity contribution in [2.45, 2.75) is 51.5 Å². The van der Waals surface area contributed by atoms with Gasteiger partial charge in [0.1, 0.15) is 5.56 Å². The van der Waals surface area contributed by atoms with Gasteiger partial charge in [-0.1, -0.05) is 26.2 Å². The summed E-state index contributed by atoms with van der Waals surface area (Å²) in [5.41, 5.74) is 0.543. The fourth-order valence-corrected chi connectivity index (χ4v) is 3.64. The van der Waals surface area contributed by atoms with Gasteiger partial charge in [-0.05, 0) is 19.3 Å². The van der Waals surface area contributed by atoms with E-state index in [9.17, 15) is 9.59 Å². The van der Waals surface area contributed by atoms with Gasteiger partial charge in [-0.25, -0.2) is 4.98 Å². The van der Waals surface area contributed by atoms with Crippen LogP contribution in [0, 0.1) is 0 Å². The Kier molecular flexibility index (Phi) is 4.05. The van der Waals surface area contributed by atoms with Crippen molar-refractivity contribution in [3.05, 3.63) is 33.2 Å². The summed E-state index contributed by atoms with van der Waals surface area (Å²) < 4.78 is 1.46. The van der Waals surface area contributed by atoms with E-state index >= 15 is 0 Å². The van der Waals surface area contributed by atoms with Crippen LogP contribution in [-0.4, -0.2) is 21.3 Å². The van der Waals surface area contributed by atoms with Gasteiger partial charge < -0.3 is 5.32 Å². The van der Waals surface area contributed by atoms with Crippen molar-refractivity contribution in [2.24, 2.45) is 0 Å². The first kappa shape index (κ1) is 14.3. The van der Waals surface area contributed by atoms with Gasteiger partial charge in [0.25, 0.3) is 11.5 Å². The van der Waals surface area contributed by atoms with Crippen LogP contribution in [0.3, 0.4) is 0 Å². The second-order valence-electron chi connectivity index (χ2n) is 5.46. The number of carbonyl (C=O) groups is 1. The van der Waals surface area contributed by atoms with Gasteiger partial charge in [-0.15, -0.1) is 11.3 Å². The minimum absolute atomic E-state index is 0.193. The van der Waals surface area contributed by atoms with Crippen LogP contribution in [-0.2, 0) is 6.42 Å². The van der Waals surface area contributed by atoms with E-state index in [0.29, 0.717) is 17.1 Å². The van der Waals surface area contributed by atoms with Crippen molar-refractivity contribution in [2.75, 3.05) is 0 Å². The topological polar surface area (TPSA) is 63.5 Å². The van der Waals surface area contributed by atoms with Gasteiger partial charge in [0.05, 0.1) is 5.69 Å². The highest BCUT2D eigenvalue weighted by Gasteiger charge is 2.22. The molecule has 1 saturated carbocycles. The van der Waals surface area contributed by atoms with E-state index in [-0.39, 0.29) is 23.1 Å². The molecule has 0 saturated heterocycles. The fraction of sp³-hybridized carbons (Fsp3) is 0.533. The molecule has 0 bridgehead atoms. The molecule has 0 aromatic carbocycles. The summed E-state index contributed by atoms with van der Waals surface area (Å²) in [6, 6.07) is 0.193. The molecule has 6 heteroatoms. The summed E-state index contributed by atoms with van der Waals surface area (Å²) in [5.74, 6) is -0.267. The quantitative estimate of drug-likeness (QED) is 0.947. The van der Waals surface area contributed by atoms with E-state index in [1.54, 1.807) is 6.20 Å². The van der Waals surface area contributed by atoms with Crippen LogP contribution in [0.4, 0.5) is 0 Å². The van der Waals surface area contributed by atoms with Crippen molar-refractivity contribution in [3.63, 3.8) is 0 Å². The average molecular weight is 305 g/mol. The van der Waals surface area contributed by atoms with Crippen molar-refractivity contribution in [1.82, 2.24) is 14.7 Å². The highest BCUT2D eigenvalue weighted by Crippen LogP contribution is 2.18. The monoisotopic (exact) mass is 305 g/mol. The second kappa shape index (κ2) is 5.97. The van der Waals surface area contributed by atoms with Gasteiger partial charge in [-0.3, -0.25) is 14.0 Å². The lowest BCUT2D eigenvalue weighted by Gasteiger charge is -2.22. The van der Waals surface area contributed by atoms with E-state index < -0.39 is 0 Å². The molecule has 1 aliphatic rings. The fourth-order valence-electron chi connectivity index (χ4n) is 2.91. The predicted octanol–water partition coefficient (Wildman–Crippen LogP) is 2.38. The largest absolute Gasteiger partial charge is 0.349 e. The molecule has 1 fully saturated rings. The number of thiazole rings is 1. The number of hydrogen-bond donors (Lipinski definition) is 1. The lowest BCUT2D eigenvalue weighted by atomic mass is 9.95. The van der Waals surface area contributed by atoms with Gasteiger partial charge in [0, 0.05) is 17.6 Å². The van der Waals surface area contributed by atoms with E-state index in [0.717, 1.165) is 25.7 Å². The molecule has 112 valence electrons. The van der Waals surface area contributed by atoms with E-state index in [1.165, 1.54) is 22.2 Å². The maximum Gasteiger partial charge on any atom is 0.271 e. The molecule has 1 N–H and O–H groups in total. The Morgan fingerprint density at radius 1 is 1.43 bits per heavy atom. The summed E-state index contributed by atoms with van der Waals surface area (Å²) in [7, 11) is 0. The standard InChI is InChI=1S/C15H19N3O2S/c1-2-11-12(13(19)16-10-6-4-3-5-7-10)14(20)18-8-9-21-15(18)17-11/h8-10H,2-7H2,1H3,(H,16,19). The van der Waals surface area contributed by atoms with Crippen LogP contribution in [0.2, 0.25) is 0 Å². The Morgan fingerprint density at radius 2 is 2.19 bits per heavy atom. The lowest BCUT2D eigenvalue weighted by Crippen LogP contribution is -2.40. The summed E-state index contributed by atoms with van der Waals surface area (Å²) in [6.45, 7) is 1.92. The first-order valence-corrected chi connectivity index (χ1v) is 8.38. The zero-order chi connectivity index (χ0) is 14.8. The van der Waals surface area contributed by atoms with Crippen molar-refractivity contribution >= 4 is 22.2 Å². The summed E-state index contributed by atoms with van der Waals surface area (Å²) >= 11 is 1.41. The second-order valence-corrected chi connectivity index (χ2v) is 6.33. The molecule has 0 atom stereocenters. The first-order chi connectivity index (χ1) is 10.2. The third-order valence-electron chi connectivity index (χ3n) is 4.04. The summed E-state index contributed by atoms with van der Waals surface area (Å²) in [5, 5.41) is 4.83. The Balaban J connectivity index is 1.95. The van der Waals surface area contributed by atoms with Crippen LogP contribution >= 0.6 is 11.3 Å². The number of aryl methyl sites for hydroxylation is 1. The summed E-state index contributed by atoms with van der Waals surface area (Å²) in [4.78, 5) is 30.1. The Bertz CT molecular complexity index is 713. The highest BCUT2D eigenvalue weighted by molar-refractivity contribution is 7.15. The number of hydrogen-bond acceptors (Lipinski definition) is 4. The molecule has 2 heterocycles. The Hall–Kier alpha value is -1.69. The molecule has 3 rings (SSSR count). The molecule has 0 aliphatic heterocycles. The molecule has 0 unspecified atom stereocenters. The molecule has 1 amide bonds. The van der Waals surface area contributed by atoms with Crippen molar-refractivity contribution in [1.29, 1.82) is 0 Å². The van der Waals surface area contributed by atoms with Gasteiger partial charge >= 0.3 is 0 Å². The zero-order valence-corrected chi connectivity index (χ0v) is 12.9. The van der Waals surface area contributed by atoms with Crippen LogP contribution in [0.15, 0.2) is 16.4 Å². The van der Waals surface area contributed by atoms with Crippen LogP contribution < -0.4 is 10.9 Å². The molecule has 2 aromatic rings. The zero-order valence-electron chi connectivity index (χ0n) is 12.1. The number of fused-ring (bicyclic) bond motifs is 1. The minimum atomic E-state index is -0.267. The van der Waals surface area contributed by atoms with Crippen molar-refractivity contribution in [3.8, 4) is 0 Å². The highest BCUT2D eigenvalue weighted by atomic mass is 32.1. The van der Waals surface area contributed by atoms with Crippen molar-refractivity contribution < 1.29 is 4.79 Å². The average Bonchev–Trinajstić information content (AvgIpc) is 2.96. The maximum atomic E-state index is 12.5. The lowest BCUT2D eigenvalue weighted by molar-refractivity contribution is 0.0924. The summed E-state index contributed by atoms with van der Waals surface area (Å²) in [6.07, 6.45) is 7.78. The first-order valence-electron chi connectivity index (χ1n) is 7.50. The smallest absolute Gasteiger partial charge is 0.271 e. The molecular weight excluding hydrogens is 286 g/mol. The third kappa shape index (κ3) is 2.72. The maximum absolute atomic E-state index is 12.5. The van der Waals surface area contributed by atoms with E-state index in [2.05, 4.69) is 10.3 Å². The van der Waals surface area contributed by atoms with E-state index in [1.807, 2.05) is 12.3 Å². The number of nitrogens with zero attached hydrogens (tertiary/aromatic N) is 2. The molecule has 21 heavy (non-hydrogen) atoms. The number of aromatic nitrogens is 2.